The summed E-state index contributed by atoms with van der Waals surface area (Å²) in [6.07, 6.45) is 3.89. The van der Waals surface area contributed by atoms with Crippen LogP contribution in [0.15, 0.2) is 11.6 Å². The number of rotatable bonds is 0. The van der Waals surface area contributed by atoms with E-state index in [2.05, 4.69) is 19.9 Å². The molecule has 0 heterocycles. The van der Waals surface area contributed by atoms with Gasteiger partial charge in [-0.25, -0.2) is 0 Å². The van der Waals surface area contributed by atoms with E-state index in [4.69, 9.17) is 0 Å². The molecule has 3 atom stereocenters. The van der Waals surface area contributed by atoms with Crippen LogP contribution in [0.1, 0.15) is 20.3 Å². The van der Waals surface area contributed by atoms with Gasteiger partial charge in [0.25, 0.3) is 0 Å². The second-order valence-electron chi connectivity index (χ2n) is 3.26. The Hall–Kier alpha value is -0.260. The molecule has 0 heteroatoms. The molecule has 1 saturated carbocycles. The fourth-order valence-corrected chi connectivity index (χ4v) is 2.10. The highest BCUT2D eigenvalue weighted by Gasteiger charge is 2.39. The van der Waals surface area contributed by atoms with E-state index in [1.807, 2.05) is 0 Å². The normalized spacial score (nSPS) is 50.8. The van der Waals surface area contributed by atoms with Gasteiger partial charge in [0.2, 0.25) is 0 Å². The standard InChI is InChI=1S/C8H12/c1-5-3-7-4-8(5)6(7)2/h4-7H,3H2,1-2H3. The molecular formula is C8H12. The minimum atomic E-state index is 0.926. The van der Waals surface area contributed by atoms with Crippen LogP contribution in [0.2, 0.25) is 0 Å². The van der Waals surface area contributed by atoms with Crippen molar-refractivity contribution in [1.82, 2.24) is 0 Å². The van der Waals surface area contributed by atoms with E-state index in [-0.39, 0.29) is 0 Å². The molecule has 44 valence electrons. The van der Waals surface area contributed by atoms with E-state index in [0.717, 1.165) is 17.8 Å². The average Bonchev–Trinajstić information content (AvgIpc) is 2.19. The molecule has 0 N–H and O–H groups in total. The molecule has 3 aliphatic rings. The molecule has 0 saturated heterocycles. The second kappa shape index (κ2) is 1.18. The molecule has 0 amide bonds. The summed E-state index contributed by atoms with van der Waals surface area (Å²) in [4.78, 5) is 0. The summed E-state index contributed by atoms with van der Waals surface area (Å²) in [5, 5.41) is 0. The Morgan fingerprint density at radius 2 is 2.25 bits per heavy atom. The smallest absolute Gasteiger partial charge is 0.0162 e. The third kappa shape index (κ3) is 0.331. The Labute approximate surface area is 50.6 Å². The molecule has 0 spiro atoms. The quantitative estimate of drug-likeness (QED) is 0.417. The van der Waals surface area contributed by atoms with E-state index in [0.29, 0.717) is 0 Å². The summed E-state index contributed by atoms with van der Waals surface area (Å²) in [7, 11) is 0. The highest BCUT2D eigenvalue weighted by atomic mass is 14.4. The van der Waals surface area contributed by atoms with Gasteiger partial charge < -0.3 is 0 Å². The first-order valence-electron chi connectivity index (χ1n) is 3.50. The summed E-state index contributed by atoms with van der Waals surface area (Å²) in [5.74, 6) is 2.85. The molecule has 8 heavy (non-hydrogen) atoms. The second-order valence-corrected chi connectivity index (χ2v) is 3.26. The fraction of sp³-hybridized carbons (Fsp3) is 0.750. The van der Waals surface area contributed by atoms with E-state index < -0.39 is 0 Å². The first kappa shape index (κ1) is 4.60. The lowest BCUT2D eigenvalue weighted by atomic mass is 9.83. The summed E-state index contributed by atoms with van der Waals surface area (Å²) in [6, 6.07) is 0. The number of hydrogen-bond donors (Lipinski definition) is 0. The van der Waals surface area contributed by atoms with Crippen LogP contribution < -0.4 is 0 Å². The maximum Gasteiger partial charge on any atom is -0.0162 e. The molecule has 0 nitrogen and oxygen atoms in total. The Morgan fingerprint density at radius 1 is 1.50 bits per heavy atom. The van der Waals surface area contributed by atoms with Gasteiger partial charge in [0.05, 0.1) is 0 Å². The molecule has 0 aromatic rings. The summed E-state index contributed by atoms with van der Waals surface area (Å²) >= 11 is 0. The van der Waals surface area contributed by atoms with Crippen molar-refractivity contribution in [2.75, 3.05) is 0 Å². The van der Waals surface area contributed by atoms with Crippen LogP contribution in [0.3, 0.4) is 0 Å². The zero-order valence-electron chi connectivity index (χ0n) is 5.52. The molecule has 1 fully saturated rings. The summed E-state index contributed by atoms with van der Waals surface area (Å²) < 4.78 is 0. The van der Waals surface area contributed by atoms with Crippen LogP contribution in [0.25, 0.3) is 0 Å². The minimum absolute atomic E-state index is 0.926. The topological polar surface area (TPSA) is 0 Å². The third-order valence-electron chi connectivity index (χ3n) is 2.77. The van der Waals surface area contributed by atoms with Crippen molar-refractivity contribution < 1.29 is 0 Å². The van der Waals surface area contributed by atoms with Gasteiger partial charge in [-0.2, -0.15) is 0 Å². The maximum atomic E-state index is 2.45. The van der Waals surface area contributed by atoms with Crippen molar-refractivity contribution in [3.05, 3.63) is 11.6 Å². The molecule has 0 aromatic carbocycles. The van der Waals surface area contributed by atoms with E-state index in [9.17, 15) is 0 Å². The predicted octanol–water partition coefficient (Wildman–Crippen LogP) is 2.22. The molecule has 3 unspecified atom stereocenters. The Bertz CT molecular complexity index is 138. The van der Waals surface area contributed by atoms with E-state index in [1.165, 1.54) is 6.42 Å². The van der Waals surface area contributed by atoms with E-state index >= 15 is 0 Å². The van der Waals surface area contributed by atoms with Crippen molar-refractivity contribution in [2.24, 2.45) is 17.8 Å². The van der Waals surface area contributed by atoms with Crippen LogP contribution in [0.5, 0.6) is 0 Å². The third-order valence-corrected chi connectivity index (χ3v) is 2.77. The first-order valence-corrected chi connectivity index (χ1v) is 3.50. The van der Waals surface area contributed by atoms with Crippen LogP contribution >= 0.6 is 0 Å². The largest absolute Gasteiger partial charge is 0.0810 e. The Morgan fingerprint density at radius 3 is 2.38 bits per heavy atom. The lowest BCUT2D eigenvalue weighted by Gasteiger charge is -2.22. The van der Waals surface area contributed by atoms with E-state index in [1.54, 1.807) is 5.57 Å². The van der Waals surface area contributed by atoms with Crippen molar-refractivity contribution in [3.63, 3.8) is 0 Å². The first-order chi connectivity index (χ1) is 3.79. The van der Waals surface area contributed by atoms with Crippen LogP contribution in [-0.2, 0) is 0 Å². The van der Waals surface area contributed by atoms with Crippen molar-refractivity contribution in [3.8, 4) is 0 Å². The zero-order valence-corrected chi connectivity index (χ0v) is 5.52. The van der Waals surface area contributed by atoms with Crippen molar-refractivity contribution >= 4 is 0 Å². The molecule has 3 rings (SSSR count). The number of allylic oxidation sites excluding steroid dienone is 2. The van der Waals surface area contributed by atoms with Gasteiger partial charge in [0.1, 0.15) is 0 Å². The molecule has 0 radical (unpaired) electrons. The predicted molar refractivity (Wildman–Crippen MR) is 34.5 cm³/mol. The highest BCUT2D eigenvalue weighted by molar-refractivity contribution is 5.29. The van der Waals surface area contributed by atoms with Crippen molar-refractivity contribution in [1.29, 1.82) is 0 Å². The minimum Gasteiger partial charge on any atom is -0.0810 e. The average molecular weight is 108 g/mol. The molecule has 0 aliphatic heterocycles. The molecular weight excluding hydrogens is 96.1 g/mol. The number of fused-ring (bicyclic) bond motifs is 1. The lowest BCUT2D eigenvalue weighted by Crippen LogP contribution is -2.11. The molecule has 3 aliphatic carbocycles. The Kier molecular flexibility index (Phi) is 0.677. The molecule has 0 aromatic heterocycles. The van der Waals surface area contributed by atoms with Gasteiger partial charge in [-0.15, -0.1) is 0 Å². The lowest BCUT2D eigenvalue weighted by molar-refractivity contribution is 0.498. The molecule has 2 bridgehead atoms. The summed E-state index contributed by atoms with van der Waals surface area (Å²) in [6.45, 7) is 4.69. The van der Waals surface area contributed by atoms with Gasteiger partial charge >= 0.3 is 0 Å². The van der Waals surface area contributed by atoms with Crippen LogP contribution in [-0.4, -0.2) is 0 Å². The van der Waals surface area contributed by atoms with Gasteiger partial charge in [-0.1, -0.05) is 25.5 Å². The Balaban J connectivity index is 2.27. The maximum absolute atomic E-state index is 2.45. The monoisotopic (exact) mass is 108 g/mol. The summed E-state index contributed by atoms with van der Waals surface area (Å²) in [5.41, 5.74) is 1.73. The fourth-order valence-electron chi connectivity index (χ4n) is 2.10. The van der Waals surface area contributed by atoms with Gasteiger partial charge in [-0.3, -0.25) is 0 Å². The zero-order chi connectivity index (χ0) is 5.72. The van der Waals surface area contributed by atoms with Gasteiger partial charge in [0, 0.05) is 0 Å². The number of hydrogen-bond acceptors (Lipinski definition) is 0. The van der Waals surface area contributed by atoms with Crippen LogP contribution in [0.4, 0.5) is 0 Å². The van der Waals surface area contributed by atoms with Gasteiger partial charge in [0.15, 0.2) is 0 Å². The van der Waals surface area contributed by atoms with Crippen molar-refractivity contribution in [2.45, 2.75) is 20.3 Å². The SMILES string of the molecule is CC1CC2C=C1C2C. The van der Waals surface area contributed by atoms with Crippen LogP contribution in [0, 0.1) is 17.8 Å². The van der Waals surface area contributed by atoms with Gasteiger partial charge in [-0.05, 0) is 24.2 Å². The highest BCUT2D eigenvalue weighted by Crippen LogP contribution is 2.50.